The lowest BCUT2D eigenvalue weighted by molar-refractivity contribution is -0.107. The van der Waals surface area contributed by atoms with Gasteiger partial charge in [-0.15, -0.1) is 0 Å². The van der Waals surface area contributed by atoms with Crippen molar-refractivity contribution in [3.8, 4) is 0 Å². The van der Waals surface area contributed by atoms with E-state index in [-0.39, 0.29) is 16.7 Å². The van der Waals surface area contributed by atoms with Gasteiger partial charge in [0.25, 0.3) is 0 Å². The van der Waals surface area contributed by atoms with E-state index in [2.05, 4.69) is 6.92 Å². The van der Waals surface area contributed by atoms with Gasteiger partial charge >= 0.3 is 11.9 Å². The largest absolute Gasteiger partial charge is 0.478 e. The van der Waals surface area contributed by atoms with E-state index in [1.165, 1.54) is 70.1 Å². The first-order chi connectivity index (χ1) is 12.0. The van der Waals surface area contributed by atoms with E-state index in [9.17, 15) is 14.4 Å². The molecule has 2 N–H and O–H groups in total. The molecule has 0 unspecified atom stereocenters. The fraction of sp³-hybridized carbons (Fsp3) is 0.550. The molecule has 0 saturated heterocycles. The zero-order valence-electron chi connectivity index (χ0n) is 15.3. The highest BCUT2D eigenvalue weighted by atomic mass is 16.4. The van der Waals surface area contributed by atoms with Crippen LogP contribution in [0.3, 0.4) is 0 Å². The maximum Gasteiger partial charge on any atom is 0.335 e. The Morgan fingerprint density at radius 1 is 0.880 bits per heavy atom. The van der Waals surface area contributed by atoms with Gasteiger partial charge in [-0.3, -0.25) is 0 Å². The lowest BCUT2D eigenvalue weighted by Gasteiger charge is -2.03. The number of carboxylic acids is 2. The zero-order chi connectivity index (χ0) is 19.1. The van der Waals surface area contributed by atoms with E-state index < -0.39 is 11.9 Å². The van der Waals surface area contributed by atoms with Gasteiger partial charge in [0.05, 0.1) is 11.1 Å². The molecule has 0 amide bonds. The Morgan fingerprint density at radius 3 is 1.72 bits per heavy atom. The third-order valence-electron chi connectivity index (χ3n) is 3.97. The summed E-state index contributed by atoms with van der Waals surface area (Å²) in [7, 11) is 0. The fourth-order valence-electron chi connectivity index (χ4n) is 2.46. The van der Waals surface area contributed by atoms with Crippen molar-refractivity contribution in [3.63, 3.8) is 0 Å². The third-order valence-corrected chi connectivity index (χ3v) is 3.97. The Labute approximate surface area is 150 Å². The van der Waals surface area contributed by atoms with E-state index in [4.69, 9.17) is 10.2 Å². The molecule has 0 radical (unpaired) electrons. The van der Waals surface area contributed by atoms with E-state index in [0.717, 1.165) is 19.1 Å². The van der Waals surface area contributed by atoms with Gasteiger partial charge in [0.2, 0.25) is 0 Å². The summed E-state index contributed by atoms with van der Waals surface area (Å²) in [5, 5.41) is 17.4. The van der Waals surface area contributed by atoms with Crippen molar-refractivity contribution in [2.24, 2.45) is 0 Å². The molecule has 140 valence electrons. The predicted octanol–water partition coefficient (Wildman–Crippen LogP) is 5.11. The molecule has 1 rings (SSSR count). The van der Waals surface area contributed by atoms with Gasteiger partial charge in [-0.25, -0.2) is 9.59 Å². The molecule has 0 heterocycles. The molecule has 0 aliphatic carbocycles. The molecule has 0 aliphatic heterocycles. The van der Waals surface area contributed by atoms with Crippen LogP contribution in [0, 0.1) is 6.92 Å². The minimum Gasteiger partial charge on any atom is -0.478 e. The first-order valence-corrected chi connectivity index (χ1v) is 8.95. The van der Waals surface area contributed by atoms with E-state index in [0.29, 0.717) is 0 Å². The van der Waals surface area contributed by atoms with Gasteiger partial charge in [0.15, 0.2) is 0 Å². The Hall–Kier alpha value is -2.17. The van der Waals surface area contributed by atoms with E-state index in [1.807, 2.05) is 0 Å². The zero-order valence-corrected chi connectivity index (χ0v) is 15.3. The standard InChI is InChI=1S/C11H22O.C9H8O4/c1-2-3-4-5-6-7-8-9-10-11-12;1-5-6(8(10)11)3-2-4-7(5)9(12)13/h11H,2-10H2,1H3;2-4H,1H3,(H,10,11)(H,12,13). The lowest BCUT2D eigenvalue weighted by Crippen LogP contribution is -2.06. The highest BCUT2D eigenvalue weighted by Gasteiger charge is 2.13. The first-order valence-electron chi connectivity index (χ1n) is 8.95. The van der Waals surface area contributed by atoms with Crippen molar-refractivity contribution >= 4 is 18.2 Å². The number of carbonyl (C=O) groups excluding carboxylic acids is 1. The van der Waals surface area contributed by atoms with Crippen molar-refractivity contribution in [1.82, 2.24) is 0 Å². The second-order valence-electron chi connectivity index (χ2n) is 6.02. The van der Waals surface area contributed by atoms with Crippen LogP contribution < -0.4 is 0 Å². The molecule has 5 nitrogen and oxygen atoms in total. The van der Waals surface area contributed by atoms with Crippen molar-refractivity contribution in [2.45, 2.75) is 71.6 Å². The average Bonchev–Trinajstić information content (AvgIpc) is 2.57. The van der Waals surface area contributed by atoms with Crippen LogP contribution in [0.25, 0.3) is 0 Å². The molecule has 0 fully saturated rings. The molecular formula is C20H30O5. The molecule has 0 aromatic heterocycles. The molecule has 0 spiro atoms. The number of carbonyl (C=O) groups is 3. The average molecular weight is 350 g/mol. The Kier molecular flexibility index (Phi) is 13.0. The summed E-state index contributed by atoms with van der Waals surface area (Å²) < 4.78 is 0. The van der Waals surface area contributed by atoms with Crippen LogP contribution in [-0.2, 0) is 4.79 Å². The SMILES string of the molecule is CCCCCCCCCCC=O.Cc1c(C(=O)O)cccc1C(=O)O. The molecule has 0 bridgehead atoms. The van der Waals surface area contributed by atoms with Crippen LogP contribution in [-0.4, -0.2) is 28.4 Å². The number of carboxylic acid groups (broad SMARTS) is 2. The van der Waals surface area contributed by atoms with Crippen molar-refractivity contribution in [3.05, 3.63) is 34.9 Å². The number of aldehydes is 1. The van der Waals surface area contributed by atoms with Gasteiger partial charge < -0.3 is 15.0 Å². The number of rotatable bonds is 11. The summed E-state index contributed by atoms with van der Waals surface area (Å²) in [6.45, 7) is 3.72. The molecular weight excluding hydrogens is 320 g/mol. The maximum atomic E-state index is 10.6. The minimum absolute atomic E-state index is 0.0277. The first kappa shape index (κ1) is 22.8. The maximum absolute atomic E-state index is 10.6. The van der Waals surface area contributed by atoms with Crippen LogP contribution in [0.1, 0.15) is 91.0 Å². The Balaban J connectivity index is 0.000000463. The van der Waals surface area contributed by atoms with Crippen molar-refractivity contribution in [2.75, 3.05) is 0 Å². The number of unbranched alkanes of at least 4 members (excludes halogenated alkanes) is 8. The number of aromatic carboxylic acids is 2. The molecule has 25 heavy (non-hydrogen) atoms. The van der Waals surface area contributed by atoms with Crippen LogP contribution in [0.4, 0.5) is 0 Å². The molecule has 0 atom stereocenters. The monoisotopic (exact) mass is 350 g/mol. The van der Waals surface area contributed by atoms with Gasteiger partial charge in [0.1, 0.15) is 6.29 Å². The quantitative estimate of drug-likeness (QED) is 0.427. The van der Waals surface area contributed by atoms with Crippen LogP contribution in [0.15, 0.2) is 18.2 Å². The van der Waals surface area contributed by atoms with E-state index >= 15 is 0 Å². The summed E-state index contributed by atoms with van der Waals surface area (Å²) >= 11 is 0. The summed E-state index contributed by atoms with van der Waals surface area (Å²) in [6, 6.07) is 4.17. The second kappa shape index (κ2) is 14.2. The lowest BCUT2D eigenvalue weighted by atomic mass is 10.0. The highest BCUT2D eigenvalue weighted by molar-refractivity contribution is 5.96. The molecule has 1 aromatic carbocycles. The van der Waals surface area contributed by atoms with Crippen LogP contribution in [0.2, 0.25) is 0 Å². The second-order valence-corrected chi connectivity index (χ2v) is 6.02. The van der Waals surface area contributed by atoms with Gasteiger partial charge in [-0.05, 0) is 31.0 Å². The van der Waals surface area contributed by atoms with Gasteiger partial charge in [-0.2, -0.15) is 0 Å². The normalized spacial score (nSPS) is 9.84. The van der Waals surface area contributed by atoms with E-state index in [1.54, 1.807) is 0 Å². The summed E-state index contributed by atoms with van der Waals surface area (Å²) in [4.78, 5) is 31.2. The number of benzene rings is 1. The Morgan fingerprint density at radius 2 is 1.32 bits per heavy atom. The molecule has 0 aliphatic rings. The Bertz CT molecular complexity index is 505. The third kappa shape index (κ3) is 10.3. The topological polar surface area (TPSA) is 91.7 Å². The molecule has 1 aromatic rings. The smallest absolute Gasteiger partial charge is 0.335 e. The highest BCUT2D eigenvalue weighted by Crippen LogP contribution is 2.13. The fourth-order valence-corrected chi connectivity index (χ4v) is 2.46. The predicted molar refractivity (Wildman–Crippen MR) is 98.4 cm³/mol. The van der Waals surface area contributed by atoms with Gasteiger partial charge in [0, 0.05) is 6.42 Å². The number of hydrogen-bond donors (Lipinski definition) is 2. The van der Waals surface area contributed by atoms with Crippen LogP contribution >= 0.6 is 0 Å². The minimum atomic E-state index is -1.11. The summed E-state index contributed by atoms with van der Waals surface area (Å²) in [5.41, 5.74) is 0.335. The molecule has 0 saturated carbocycles. The van der Waals surface area contributed by atoms with Crippen molar-refractivity contribution in [1.29, 1.82) is 0 Å². The molecule has 5 heteroatoms. The van der Waals surface area contributed by atoms with Crippen LogP contribution in [0.5, 0.6) is 0 Å². The summed E-state index contributed by atoms with van der Waals surface area (Å²) in [5.74, 6) is -2.22. The number of hydrogen-bond acceptors (Lipinski definition) is 3. The van der Waals surface area contributed by atoms with Crippen molar-refractivity contribution < 1.29 is 24.6 Å². The van der Waals surface area contributed by atoms with Gasteiger partial charge in [-0.1, -0.05) is 57.9 Å². The summed E-state index contributed by atoms with van der Waals surface area (Å²) in [6.07, 6.45) is 12.3.